The first kappa shape index (κ1) is 24.7. The van der Waals surface area contributed by atoms with Crippen molar-refractivity contribution in [1.82, 2.24) is 0 Å². The van der Waals surface area contributed by atoms with E-state index in [-0.39, 0.29) is 17.7 Å². The number of aryl methyl sites for hydroxylation is 2. The van der Waals surface area contributed by atoms with Crippen LogP contribution < -0.4 is 16.4 Å². The van der Waals surface area contributed by atoms with E-state index in [9.17, 15) is 4.39 Å². The lowest BCUT2D eigenvalue weighted by atomic mass is 10.0. The van der Waals surface area contributed by atoms with Gasteiger partial charge in [0.25, 0.3) is 0 Å². The van der Waals surface area contributed by atoms with Crippen LogP contribution >= 0.6 is 34.8 Å². The summed E-state index contributed by atoms with van der Waals surface area (Å²) in [4.78, 5) is 0. The third-order valence-corrected chi connectivity index (χ3v) is 7.47. The van der Waals surface area contributed by atoms with Crippen molar-refractivity contribution in [3.05, 3.63) is 94.3 Å². The first-order valence-corrected chi connectivity index (χ1v) is 12.2. The van der Waals surface area contributed by atoms with Crippen molar-refractivity contribution in [3.8, 4) is 0 Å². The summed E-state index contributed by atoms with van der Waals surface area (Å²) in [6.07, 6.45) is 0.798. The molecular weight excluding hydrogens is 492 g/mol. The molecule has 0 heterocycles. The number of benzene rings is 3. The van der Waals surface area contributed by atoms with Crippen LogP contribution in [0.2, 0.25) is 5.02 Å². The fourth-order valence-electron chi connectivity index (χ4n) is 4.47. The Morgan fingerprint density at radius 1 is 1.06 bits per heavy atom. The molecule has 34 heavy (non-hydrogen) atoms. The molecule has 7 heteroatoms. The summed E-state index contributed by atoms with van der Waals surface area (Å²) < 4.78 is 13.0. The second-order valence-electron chi connectivity index (χ2n) is 8.97. The molecule has 1 aliphatic carbocycles. The Morgan fingerprint density at radius 3 is 2.50 bits per heavy atom. The van der Waals surface area contributed by atoms with Gasteiger partial charge in [-0.05, 0) is 85.5 Å². The summed E-state index contributed by atoms with van der Waals surface area (Å²) in [5, 5.41) is 7.16. The Balaban J connectivity index is 1.39. The molecule has 4 N–H and O–H groups in total. The van der Waals surface area contributed by atoms with Gasteiger partial charge in [-0.3, -0.25) is 0 Å². The van der Waals surface area contributed by atoms with E-state index in [0.29, 0.717) is 28.5 Å². The van der Waals surface area contributed by atoms with Crippen molar-refractivity contribution in [3.63, 3.8) is 0 Å². The van der Waals surface area contributed by atoms with Crippen molar-refractivity contribution < 1.29 is 4.39 Å². The summed E-state index contributed by atoms with van der Waals surface area (Å²) in [5.41, 5.74) is 12.5. The van der Waals surface area contributed by atoms with Crippen LogP contribution in [0.15, 0.2) is 61.2 Å². The van der Waals surface area contributed by atoms with E-state index in [1.165, 1.54) is 12.1 Å². The summed E-state index contributed by atoms with van der Waals surface area (Å²) in [7, 11) is 0. The molecule has 1 saturated carbocycles. The molecule has 0 amide bonds. The minimum atomic E-state index is -0.796. The van der Waals surface area contributed by atoms with Gasteiger partial charge in [-0.25, -0.2) is 4.39 Å². The zero-order valence-electron chi connectivity index (χ0n) is 19.1. The molecule has 0 spiro atoms. The standard InChI is InChI=1S/C27H27Cl3FN3/c1-15-8-18(12-20(31)10-15)17(3)34-25-14-22(4-5-24(25)28)33-7-6-23-26(27(23,29)30)19-9-16(2)11-21(32)13-19/h4-5,8-14,23,26,33-34H,3,6-7,32H2,1-2H3. The number of nitrogen functional groups attached to an aromatic ring is 1. The van der Waals surface area contributed by atoms with Crippen molar-refractivity contribution in [2.75, 3.05) is 22.9 Å². The van der Waals surface area contributed by atoms with Crippen LogP contribution in [-0.4, -0.2) is 10.9 Å². The molecule has 2 atom stereocenters. The Kier molecular flexibility index (Phi) is 7.04. The molecule has 178 valence electrons. The highest BCUT2D eigenvalue weighted by Gasteiger charge is 2.63. The second kappa shape index (κ2) is 9.69. The van der Waals surface area contributed by atoms with Crippen LogP contribution in [-0.2, 0) is 0 Å². The normalized spacial score (nSPS) is 18.4. The summed E-state index contributed by atoms with van der Waals surface area (Å²) in [6.45, 7) is 8.58. The van der Waals surface area contributed by atoms with E-state index in [1.54, 1.807) is 6.07 Å². The average molecular weight is 519 g/mol. The van der Waals surface area contributed by atoms with E-state index in [2.05, 4.69) is 23.3 Å². The highest BCUT2D eigenvalue weighted by atomic mass is 35.5. The minimum absolute atomic E-state index is 0.0559. The van der Waals surface area contributed by atoms with Gasteiger partial charge in [0.1, 0.15) is 10.2 Å². The van der Waals surface area contributed by atoms with Crippen LogP contribution in [0.25, 0.3) is 5.70 Å². The van der Waals surface area contributed by atoms with Gasteiger partial charge in [0.15, 0.2) is 0 Å². The molecule has 1 fully saturated rings. The lowest BCUT2D eigenvalue weighted by Gasteiger charge is -2.14. The number of halogens is 4. The van der Waals surface area contributed by atoms with E-state index < -0.39 is 4.33 Å². The van der Waals surface area contributed by atoms with Crippen molar-refractivity contribution >= 4 is 57.6 Å². The van der Waals surface area contributed by atoms with Gasteiger partial charge in [-0.2, -0.15) is 0 Å². The summed E-state index contributed by atoms with van der Waals surface area (Å²) in [6, 6.07) is 16.4. The van der Waals surface area contributed by atoms with E-state index in [1.807, 2.05) is 44.2 Å². The Morgan fingerprint density at radius 2 is 1.79 bits per heavy atom. The molecule has 3 aromatic rings. The summed E-state index contributed by atoms with van der Waals surface area (Å²) >= 11 is 19.6. The van der Waals surface area contributed by atoms with Crippen LogP contribution in [0.1, 0.15) is 34.6 Å². The smallest absolute Gasteiger partial charge is 0.129 e. The van der Waals surface area contributed by atoms with E-state index in [4.69, 9.17) is 40.5 Å². The number of nitrogens with two attached hydrogens (primary N) is 1. The van der Waals surface area contributed by atoms with Crippen molar-refractivity contribution in [2.24, 2.45) is 5.92 Å². The first-order valence-electron chi connectivity index (χ1n) is 11.1. The van der Waals surface area contributed by atoms with Gasteiger partial charge in [0.05, 0.1) is 10.7 Å². The quantitative estimate of drug-likeness (QED) is 0.208. The zero-order chi connectivity index (χ0) is 24.6. The Labute approximate surface area is 215 Å². The molecule has 0 aliphatic heterocycles. The van der Waals surface area contributed by atoms with Crippen LogP contribution in [0, 0.1) is 25.6 Å². The SMILES string of the molecule is C=C(Nc1cc(NCCC2C(c3cc(C)cc(N)c3)C2(Cl)Cl)ccc1Cl)c1cc(C)cc(F)c1. The van der Waals surface area contributed by atoms with E-state index in [0.717, 1.165) is 34.5 Å². The maximum atomic E-state index is 13.8. The largest absolute Gasteiger partial charge is 0.399 e. The van der Waals surface area contributed by atoms with Gasteiger partial charge in [-0.15, -0.1) is 23.2 Å². The molecule has 0 aromatic heterocycles. The fourth-order valence-corrected chi connectivity index (χ4v) is 5.54. The third-order valence-electron chi connectivity index (χ3n) is 6.11. The maximum absolute atomic E-state index is 13.8. The van der Waals surface area contributed by atoms with Gasteiger partial charge in [0, 0.05) is 41.0 Å². The molecule has 0 bridgehead atoms. The lowest BCUT2D eigenvalue weighted by Crippen LogP contribution is -2.05. The third kappa shape index (κ3) is 5.46. The van der Waals surface area contributed by atoms with Crippen LogP contribution in [0.4, 0.5) is 21.5 Å². The molecular formula is C27H27Cl3FN3. The number of rotatable bonds is 8. The number of anilines is 3. The predicted molar refractivity (Wildman–Crippen MR) is 145 cm³/mol. The molecule has 4 rings (SSSR count). The molecule has 3 aromatic carbocycles. The van der Waals surface area contributed by atoms with Crippen LogP contribution in [0.5, 0.6) is 0 Å². The van der Waals surface area contributed by atoms with Crippen molar-refractivity contribution in [2.45, 2.75) is 30.5 Å². The molecule has 3 nitrogen and oxygen atoms in total. The van der Waals surface area contributed by atoms with Crippen molar-refractivity contribution in [1.29, 1.82) is 0 Å². The monoisotopic (exact) mass is 517 g/mol. The number of hydrogen-bond acceptors (Lipinski definition) is 3. The number of alkyl halides is 2. The molecule has 0 saturated heterocycles. The lowest BCUT2D eigenvalue weighted by molar-refractivity contribution is 0.626. The Bertz CT molecular complexity index is 1200. The van der Waals surface area contributed by atoms with Crippen LogP contribution in [0.3, 0.4) is 0 Å². The van der Waals surface area contributed by atoms with Gasteiger partial charge < -0.3 is 16.4 Å². The Hall–Kier alpha value is -2.40. The topological polar surface area (TPSA) is 50.1 Å². The van der Waals surface area contributed by atoms with Gasteiger partial charge >= 0.3 is 0 Å². The highest BCUT2D eigenvalue weighted by molar-refractivity contribution is 6.52. The molecule has 2 unspecified atom stereocenters. The average Bonchev–Trinajstić information content (AvgIpc) is 3.29. The number of nitrogens with one attached hydrogen (secondary N) is 2. The van der Waals surface area contributed by atoms with Gasteiger partial charge in [0.2, 0.25) is 0 Å². The van der Waals surface area contributed by atoms with E-state index >= 15 is 0 Å². The predicted octanol–water partition coefficient (Wildman–Crippen LogP) is 8.15. The first-order chi connectivity index (χ1) is 16.0. The fraction of sp³-hybridized carbons (Fsp3) is 0.259. The minimum Gasteiger partial charge on any atom is -0.399 e. The maximum Gasteiger partial charge on any atom is 0.129 e. The summed E-state index contributed by atoms with van der Waals surface area (Å²) in [5.74, 6) is -0.119. The van der Waals surface area contributed by atoms with Gasteiger partial charge in [-0.1, -0.05) is 24.2 Å². The second-order valence-corrected chi connectivity index (χ2v) is 10.8. The molecule has 1 aliphatic rings. The molecule has 0 radical (unpaired) electrons. The number of hydrogen-bond donors (Lipinski definition) is 3. The zero-order valence-corrected chi connectivity index (χ0v) is 21.3. The highest BCUT2D eigenvalue weighted by Crippen LogP contribution is 2.66.